The van der Waals surface area contributed by atoms with Gasteiger partial charge in [-0.15, -0.1) is 0 Å². The first kappa shape index (κ1) is 22.5. The molecule has 0 saturated heterocycles. The maximum absolute atomic E-state index is 12.4. The van der Waals surface area contributed by atoms with Crippen LogP contribution in [-0.4, -0.2) is 42.0 Å². The first-order valence-corrected chi connectivity index (χ1v) is 10.3. The number of nitrogens with one attached hydrogen (secondary N) is 1. The molecule has 1 amide bonds. The molecule has 0 heterocycles. The predicted molar refractivity (Wildman–Crippen MR) is 123 cm³/mol. The monoisotopic (exact) mass is 436 g/mol. The van der Waals surface area contributed by atoms with Gasteiger partial charge in [0.1, 0.15) is 6.04 Å². The standard InChI is InChI=1S/C25H25ClN2O3/c1-28(2)16-18-9-13-20(14-10-18)19-11-7-17(8-12-19)15-23(25(30)31)27-24(29)21-5-3-4-6-22(21)26/h3-14,23H,15-16H2,1-2H3,(H,27,29)(H,30,31)/t23-/m0/s1. The number of nitrogens with zero attached hydrogens (tertiary/aromatic N) is 1. The van der Waals surface area contributed by atoms with E-state index in [1.807, 2.05) is 38.4 Å². The Morgan fingerprint density at radius 1 is 0.903 bits per heavy atom. The van der Waals surface area contributed by atoms with Crippen LogP contribution in [-0.2, 0) is 17.8 Å². The molecular weight excluding hydrogens is 412 g/mol. The highest BCUT2D eigenvalue weighted by Crippen LogP contribution is 2.21. The van der Waals surface area contributed by atoms with Crippen LogP contribution in [0.15, 0.2) is 72.8 Å². The molecule has 3 rings (SSSR count). The van der Waals surface area contributed by atoms with E-state index in [0.717, 1.165) is 23.2 Å². The maximum atomic E-state index is 12.4. The quantitative estimate of drug-likeness (QED) is 0.545. The van der Waals surface area contributed by atoms with Crippen molar-refractivity contribution >= 4 is 23.5 Å². The third kappa shape index (κ3) is 6.17. The van der Waals surface area contributed by atoms with Crippen molar-refractivity contribution in [3.05, 3.63) is 94.5 Å². The summed E-state index contributed by atoms with van der Waals surface area (Å²) in [5.41, 5.74) is 4.45. The fourth-order valence-corrected chi connectivity index (χ4v) is 3.54. The number of aliphatic carboxylic acids is 1. The average Bonchev–Trinajstić information content (AvgIpc) is 2.74. The van der Waals surface area contributed by atoms with Crippen LogP contribution in [0.1, 0.15) is 21.5 Å². The van der Waals surface area contributed by atoms with Gasteiger partial charge in [-0.25, -0.2) is 4.79 Å². The summed E-state index contributed by atoms with van der Waals surface area (Å²) >= 11 is 6.04. The SMILES string of the molecule is CN(C)Cc1ccc(-c2ccc(C[C@H](NC(=O)c3ccccc3Cl)C(=O)O)cc2)cc1. The van der Waals surface area contributed by atoms with Crippen LogP contribution in [0.4, 0.5) is 0 Å². The second kappa shape index (κ2) is 10.2. The fourth-order valence-electron chi connectivity index (χ4n) is 3.32. The summed E-state index contributed by atoms with van der Waals surface area (Å²) < 4.78 is 0. The van der Waals surface area contributed by atoms with Crippen LogP contribution in [0.25, 0.3) is 11.1 Å². The Labute approximate surface area is 187 Å². The summed E-state index contributed by atoms with van der Waals surface area (Å²) in [5, 5.41) is 12.4. The topological polar surface area (TPSA) is 69.6 Å². The molecule has 0 saturated carbocycles. The number of amides is 1. The van der Waals surface area contributed by atoms with E-state index in [1.165, 1.54) is 5.56 Å². The van der Waals surface area contributed by atoms with Crippen LogP contribution in [0.5, 0.6) is 0 Å². The van der Waals surface area contributed by atoms with Gasteiger partial charge in [0.2, 0.25) is 0 Å². The summed E-state index contributed by atoms with van der Waals surface area (Å²) in [6.45, 7) is 0.885. The number of carboxylic acids is 1. The molecule has 6 heteroatoms. The largest absolute Gasteiger partial charge is 0.480 e. The molecule has 0 aliphatic rings. The fraction of sp³-hybridized carbons (Fsp3) is 0.200. The molecule has 160 valence electrons. The van der Waals surface area contributed by atoms with E-state index in [4.69, 9.17) is 11.6 Å². The number of hydrogen-bond acceptors (Lipinski definition) is 3. The Morgan fingerprint density at radius 3 is 1.97 bits per heavy atom. The first-order valence-electron chi connectivity index (χ1n) is 9.94. The smallest absolute Gasteiger partial charge is 0.326 e. The van der Waals surface area contributed by atoms with Crippen LogP contribution in [0.2, 0.25) is 5.02 Å². The minimum atomic E-state index is -1.10. The molecule has 5 nitrogen and oxygen atoms in total. The Kier molecular flexibility index (Phi) is 7.45. The van der Waals surface area contributed by atoms with Crippen molar-refractivity contribution in [3.63, 3.8) is 0 Å². The number of carbonyl (C=O) groups excluding carboxylic acids is 1. The molecule has 0 aliphatic carbocycles. The third-order valence-corrected chi connectivity index (χ3v) is 5.23. The predicted octanol–water partition coefficient (Wildman–Crippen LogP) is 4.49. The minimum absolute atomic E-state index is 0.174. The normalized spacial score (nSPS) is 11.9. The van der Waals surface area contributed by atoms with Crippen molar-refractivity contribution in [1.82, 2.24) is 10.2 Å². The molecule has 3 aromatic rings. The zero-order valence-electron chi connectivity index (χ0n) is 17.5. The number of hydrogen-bond donors (Lipinski definition) is 2. The van der Waals surface area contributed by atoms with Gasteiger partial charge in [-0.3, -0.25) is 4.79 Å². The molecule has 31 heavy (non-hydrogen) atoms. The molecule has 0 aliphatic heterocycles. The van der Waals surface area contributed by atoms with E-state index in [1.54, 1.807) is 24.3 Å². The van der Waals surface area contributed by atoms with Crippen LogP contribution in [0.3, 0.4) is 0 Å². The Hall–Kier alpha value is -3.15. The van der Waals surface area contributed by atoms with Gasteiger partial charge < -0.3 is 15.3 Å². The summed E-state index contributed by atoms with van der Waals surface area (Å²) in [4.78, 5) is 26.3. The van der Waals surface area contributed by atoms with Crippen LogP contribution >= 0.6 is 11.6 Å². The number of benzene rings is 3. The van der Waals surface area contributed by atoms with Crippen LogP contribution < -0.4 is 5.32 Å². The van der Waals surface area contributed by atoms with Gasteiger partial charge in [-0.05, 0) is 48.5 Å². The molecule has 0 radical (unpaired) electrons. The van der Waals surface area contributed by atoms with Crippen molar-refractivity contribution in [1.29, 1.82) is 0 Å². The van der Waals surface area contributed by atoms with E-state index in [0.29, 0.717) is 0 Å². The lowest BCUT2D eigenvalue weighted by Gasteiger charge is -2.15. The van der Waals surface area contributed by atoms with Crippen molar-refractivity contribution in [2.45, 2.75) is 19.0 Å². The highest BCUT2D eigenvalue weighted by molar-refractivity contribution is 6.33. The molecule has 0 unspecified atom stereocenters. The van der Waals surface area contributed by atoms with E-state index in [2.05, 4.69) is 34.5 Å². The van der Waals surface area contributed by atoms with Crippen molar-refractivity contribution in [2.75, 3.05) is 14.1 Å². The molecule has 3 aromatic carbocycles. The van der Waals surface area contributed by atoms with Crippen molar-refractivity contribution in [2.24, 2.45) is 0 Å². The molecular formula is C25H25ClN2O3. The molecule has 0 bridgehead atoms. The summed E-state index contributed by atoms with van der Waals surface area (Å²) in [5.74, 6) is -1.60. The molecule has 0 spiro atoms. The van der Waals surface area contributed by atoms with Gasteiger partial charge in [0, 0.05) is 13.0 Å². The number of carbonyl (C=O) groups is 2. The second-order valence-electron chi connectivity index (χ2n) is 7.68. The lowest BCUT2D eigenvalue weighted by atomic mass is 9.99. The Balaban J connectivity index is 1.68. The van der Waals surface area contributed by atoms with Gasteiger partial charge in [-0.1, -0.05) is 72.3 Å². The number of rotatable bonds is 8. The summed E-state index contributed by atoms with van der Waals surface area (Å²) in [6.07, 6.45) is 0.174. The Bertz CT molecular complexity index is 1050. The summed E-state index contributed by atoms with van der Waals surface area (Å²) in [6, 6.07) is 21.6. The van der Waals surface area contributed by atoms with E-state index in [-0.39, 0.29) is 17.0 Å². The molecule has 2 N–H and O–H groups in total. The zero-order chi connectivity index (χ0) is 22.4. The summed E-state index contributed by atoms with van der Waals surface area (Å²) in [7, 11) is 4.07. The number of carboxylic acid groups (broad SMARTS) is 1. The first-order chi connectivity index (χ1) is 14.8. The average molecular weight is 437 g/mol. The van der Waals surface area contributed by atoms with E-state index in [9.17, 15) is 14.7 Å². The third-order valence-electron chi connectivity index (χ3n) is 4.90. The van der Waals surface area contributed by atoms with Gasteiger partial charge >= 0.3 is 5.97 Å². The zero-order valence-corrected chi connectivity index (χ0v) is 18.3. The second-order valence-corrected chi connectivity index (χ2v) is 8.09. The lowest BCUT2D eigenvalue weighted by Crippen LogP contribution is -2.42. The van der Waals surface area contributed by atoms with Gasteiger partial charge in [0.25, 0.3) is 5.91 Å². The number of halogens is 1. The van der Waals surface area contributed by atoms with Crippen molar-refractivity contribution in [3.8, 4) is 11.1 Å². The van der Waals surface area contributed by atoms with E-state index >= 15 is 0 Å². The maximum Gasteiger partial charge on any atom is 0.326 e. The van der Waals surface area contributed by atoms with Gasteiger partial charge in [0.15, 0.2) is 0 Å². The highest BCUT2D eigenvalue weighted by atomic mass is 35.5. The van der Waals surface area contributed by atoms with Crippen molar-refractivity contribution < 1.29 is 14.7 Å². The molecule has 0 fully saturated rings. The van der Waals surface area contributed by atoms with Crippen LogP contribution in [0, 0.1) is 0 Å². The Morgan fingerprint density at radius 2 is 1.45 bits per heavy atom. The minimum Gasteiger partial charge on any atom is -0.480 e. The lowest BCUT2D eigenvalue weighted by molar-refractivity contribution is -0.139. The highest BCUT2D eigenvalue weighted by Gasteiger charge is 2.22. The molecule has 1 atom stereocenters. The van der Waals surface area contributed by atoms with Gasteiger partial charge in [0.05, 0.1) is 10.6 Å². The molecule has 0 aromatic heterocycles. The van der Waals surface area contributed by atoms with Gasteiger partial charge in [-0.2, -0.15) is 0 Å². The van der Waals surface area contributed by atoms with E-state index < -0.39 is 17.9 Å².